The van der Waals surface area contributed by atoms with Crippen molar-refractivity contribution in [2.45, 2.75) is 39.8 Å². The van der Waals surface area contributed by atoms with E-state index in [1.165, 1.54) is 16.8 Å². The summed E-state index contributed by atoms with van der Waals surface area (Å²) in [7, 11) is 1.47. The lowest BCUT2D eigenvalue weighted by Gasteiger charge is -2.29. The van der Waals surface area contributed by atoms with Crippen LogP contribution in [0.1, 0.15) is 27.7 Å². The van der Waals surface area contributed by atoms with E-state index in [0.717, 1.165) is 0 Å². The zero-order valence-electron chi connectivity index (χ0n) is 12.1. The van der Waals surface area contributed by atoms with Crippen LogP contribution in [0.4, 0.5) is 4.79 Å². The number of carboxylic acids is 1. The van der Waals surface area contributed by atoms with Crippen molar-refractivity contribution in [1.29, 1.82) is 0 Å². The van der Waals surface area contributed by atoms with Crippen LogP contribution in [0.15, 0.2) is 0 Å². The van der Waals surface area contributed by atoms with Gasteiger partial charge in [-0.3, -0.25) is 9.59 Å². The van der Waals surface area contributed by atoms with E-state index in [0.29, 0.717) is 0 Å². The standard InChI is InChI=1S/C12H23N3O4/c1-8(2)13-10(16)6-14(5)12(19)15(9(3)4)7-11(17)18/h8-9H,6-7H2,1-5H3,(H,13,16)(H,17,18). The van der Waals surface area contributed by atoms with Gasteiger partial charge in [0.25, 0.3) is 0 Å². The minimum Gasteiger partial charge on any atom is -0.480 e. The highest BCUT2D eigenvalue weighted by atomic mass is 16.4. The first-order chi connectivity index (χ1) is 8.65. The number of hydrogen-bond acceptors (Lipinski definition) is 3. The molecule has 0 aromatic carbocycles. The number of likely N-dealkylation sites (N-methyl/N-ethyl adjacent to an activating group) is 1. The zero-order valence-corrected chi connectivity index (χ0v) is 12.1. The van der Waals surface area contributed by atoms with Gasteiger partial charge in [0, 0.05) is 19.1 Å². The molecule has 3 amide bonds. The van der Waals surface area contributed by atoms with Crippen molar-refractivity contribution in [3.8, 4) is 0 Å². The van der Waals surface area contributed by atoms with E-state index in [-0.39, 0.29) is 31.1 Å². The predicted octanol–water partition coefficient (Wildman–Crippen LogP) is 0.358. The maximum atomic E-state index is 12.0. The van der Waals surface area contributed by atoms with E-state index in [2.05, 4.69) is 5.32 Å². The number of rotatable bonds is 6. The monoisotopic (exact) mass is 273 g/mol. The molecule has 0 saturated carbocycles. The molecule has 0 radical (unpaired) electrons. The van der Waals surface area contributed by atoms with E-state index in [1.807, 2.05) is 13.8 Å². The molecule has 0 bridgehead atoms. The summed E-state index contributed by atoms with van der Waals surface area (Å²) < 4.78 is 0. The average Bonchev–Trinajstić information content (AvgIpc) is 2.22. The Balaban J connectivity index is 4.58. The van der Waals surface area contributed by atoms with Gasteiger partial charge in [-0.1, -0.05) is 0 Å². The van der Waals surface area contributed by atoms with Gasteiger partial charge in [-0.25, -0.2) is 4.79 Å². The Hall–Kier alpha value is -1.79. The maximum absolute atomic E-state index is 12.0. The summed E-state index contributed by atoms with van der Waals surface area (Å²) in [4.78, 5) is 36.7. The van der Waals surface area contributed by atoms with Crippen LogP contribution in [0.25, 0.3) is 0 Å². The number of carbonyl (C=O) groups excluding carboxylic acids is 2. The van der Waals surface area contributed by atoms with Gasteiger partial charge in [0.2, 0.25) is 5.91 Å². The molecule has 0 aliphatic rings. The Morgan fingerprint density at radius 2 is 1.63 bits per heavy atom. The molecule has 0 spiro atoms. The topological polar surface area (TPSA) is 90.0 Å². The molecule has 0 rings (SSSR count). The third-order valence-electron chi connectivity index (χ3n) is 2.33. The lowest BCUT2D eigenvalue weighted by atomic mass is 10.3. The molecule has 0 aromatic heterocycles. The molecule has 0 aliphatic carbocycles. The Kier molecular flexibility index (Phi) is 6.89. The van der Waals surface area contributed by atoms with Crippen LogP contribution in [-0.2, 0) is 9.59 Å². The molecular formula is C12H23N3O4. The maximum Gasteiger partial charge on any atom is 0.323 e. The van der Waals surface area contributed by atoms with E-state index in [1.54, 1.807) is 13.8 Å². The molecule has 7 heteroatoms. The van der Waals surface area contributed by atoms with Gasteiger partial charge in [0.15, 0.2) is 0 Å². The minimum atomic E-state index is -1.08. The summed E-state index contributed by atoms with van der Waals surface area (Å²) in [5.74, 6) is -1.35. The van der Waals surface area contributed by atoms with Crippen molar-refractivity contribution in [2.75, 3.05) is 20.1 Å². The quantitative estimate of drug-likeness (QED) is 0.731. The second kappa shape index (κ2) is 7.60. The average molecular weight is 273 g/mol. The van der Waals surface area contributed by atoms with E-state index >= 15 is 0 Å². The number of aliphatic carboxylic acids is 1. The van der Waals surface area contributed by atoms with Crippen LogP contribution in [0, 0.1) is 0 Å². The first-order valence-corrected chi connectivity index (χ1v) is 6.18. The highest BCUT2D eigenvalue weighted by molar-refractivity contribution is 5.85. The number of hydrogen-bond donors (Lipinski definition) is 2. The molecule has 0 saturated heterocycles. The molecule has 7 nitrogen and oxygen atoms in total. The van der Waals surface area contributed by atoms with Crippen molar-refractivity contribution >= 4 is 17.9 Å². The summed E-state index contributed by atoms with van der Waals surface area (Å²) in [6, 6.07) is -0.730. The fourth-order valence-electron chi connectivity index (χ4n) is 1.49. The molecule has 0 atom stereocenters. The molecule has 110 valence electrons. The van der Waals surface area contributed by atoms with Crippen LogP contribution < -0.4 is 5.32 Å². The number of urea groups is 1. The van der Waals surface area contributed by atoms with E-state index in [9.17, 15) is 14.4 Å². The third-order valence-corrected chi connectivity index (χ3v) is 2.33. The Labute approximate surface area is 113 Å². The van der Waals surface area contributed by atoms with Crippen LogP contribution in [0.3, 0.4) is 0 Å². The molecular weight excluding hydrogens is 250 g/mol. The minimum absolute atomic E-state index is 0.00350. The number of amides is 3. The van der Waals surface area contributed by atoms with Gasteiger partial charge in [-0.05, 0) is 27.7 Å². The van der Waals surface area contributed by atoms with Gasteiger partial charge < -0.3 is 20.2 Å². The Morgan fingerprint density at radius 3 is 2.00 bits per heavy atom. The summed E-state index contributed by atoms with van der Waals surface area (Å²) in [6.07, 6.45) is 0. The van der Waals surface area contributed by atoms with Gasteiger partial charge in [0.05, 0.1) is 0 Å². The highest BCUT2D eigenvalue weighted by Crippen LogP contribution is 2.03. The van der Waals surface area contributed by atoms with Crippen LogP contribution in [0.2, 0.25) is 0 Å². The number of carbonyl (C=O) groups is 3. The highest BCUT2D eigenvalue weighted by Gasteiger charge is 2.24. The molecule has 0 unspecified atom stereocenters. The van der Waals surface area contributed by atoms with Gasteiger partial charge in [-0.2, -0.15) is 0 Å². The summed E-state index contributed by atoms with van der Waals surface area (Å²) in [6.45, 7) is 6.62. The van der Waals surface area contributed by atoms with Crippen LogP contribution in [0.5, 0.6) is 0 Å². The Bertz CT molecular complexity index is 342. The fraction of sp³-hybridized carbons (Fsp3) is 0.750. The smallest absolute Gasteiger partial charge is 0.323 e. The number of nitrogens with zero attached hydrogens (tertiary/aromatic N) is 2. The van der Waals surface area contributed by atoms with E-state index < -0.39 is 12.0 Å². The second-order valence-electron chi connectivity index (χ2n) is 4.98. The van der Waals surface area contributed by atoms with Crippen molar-refractivity contribution in [2.24, 2.45) is 0 Å². The van der Waals surface area contributed by atoms with Crippen molar-refractivity contribution in [1.82, 2.24) is 15.1 Å². The normalized spacial score (nSPS) is 10.5. The van der Waals surface area contributed by atoms with Crippen molar-refractivity contribution < 1.29 is 19.5 Å². The summed E-state index contributed by atoms with van der Waals surface area (Å²) in [5.41, 5.74) is 0. The fourth-order valence-corrected chi connectivity index (χ4v) is 1.49. The third kappa shape index (κ3) is 6.64. The first kappa shape index (κ1) is 17.2. The van der Waals surface area contributed by atoms with Gasteiger partial charge >= 0.3 is 12.0 Å². The lowest BCUT2D eigenvalue weighted by molar-refractivity contribution is -0.138. The zero-order chi connectivity index (χ0) is 15.2. The van der Waals surface area contributed by atoms with Crippen LogP contribution in [-0.4, -0.2) is 65.0 Å². The molecule has 0 fully saturated rings. The Morgan fingerprint density at radius 1 is 1.11 bits per heavy atom. The van der Waals surface area contributed by atoms with Gasteiger partial charge in [0.1, 0.15) is 13.1 Å². The lowest BCUT2D eigenvalue weighted by Crippen LogP contribution is -2.50. The van der Waals surface area contributed by atoms with Gasteiger partial charge in [-0.15, -0.1) is 0 Å². The number of carboxylic acid groups (broad SMARTS) is 1. The summed E-state index contributed by atoms with van der Waals surface area (Å²) in [5, 5.41) is 11.4. The predicted molar refractivity (Wildman–Crippen MR) is 70.8 cm³/mol. The number of nitrogens with one attached hydrogen (secondary N) is 1. The van der Waals surface area contributed by atoms with Crippen molar-refractivity contribution in [3.63, 3.8) is 0 Å². The van der Waals surface area contributed by atoms with E-state index in [4.69, 9.17) is 5.11 Å². The molecule has 19 heavy (non-hydrogen) atoms. The van der Waals surface area contributed by atoms with Crippen LogP contribution >= 0.6 is 0 Å². The largest absolute Gasteiger partial charge is 0.480 e. The molecule has 0 heterocycles. The molecule has 2 N–H and O–H groups in total. The first-order valence-electron chi connectivity index (χ1n) is 6.18. The second-order valence-corrected chi connectivity index (χ2v) is 4.98. The van der Waals surface area contributed by atoms with Crippen molar-refractivity contribution in [3.05, 3.63) is 0 Å². The molecule has 0 aliphatic heterocycles. The SMILES string of the molecule is CC(C)NC(=O)CN(C)C(=O)N(CC(=O)O)C(C)C. The molecule has 0 aromatic rings. The summed E-state index contributed by atoms with van der Waals surface area (Å²) >= 11 is 0.